The van der Waals surface area contributed by atoms with Crippen molar-refractivity contribution in [2.45, 2.75) is 6.54 Å². The molecule has 17 heavy (non-hydrogen) atoms. The first kappa shape index (κ1) is 12.2. The number of hydrogen-bond acceptors (Lipinski definition) is 4. The van der Waals surface area contributed by atoms with E-state index in [0.717, 1.165) is 21.2 Å². The van der Waals surface area contributed by atoms with Gasteiger partial charge in [-0.25, -0.2) is 4.52 Å². The number of methoxy groups -OCH3 is 1. The molecule has 2 aromatic heterocycles. The van der Waals surface area contributed by atoms with E-state index in [-0.39, 0.29) is 0 Å². The van der Waals surface area contributed by atoms with Crippen LogP contribution in [-0.4, -0.2) is 27.3 Å². The highest BCUT2D eigenvalue weighted by atomic mass is 32.2. The summed E-state index contributed by atoms with van der Waals surface area (Å²) in [5, 5.41) is 7.43. The van der Waals surface area contributed by atoms with E-state index >= 15 is 0 Å². The molecular weight excluding hydrogens is 254 g/mol. The smallest absolute Gasteiger partial charge is 0.133 e. The lowest BCUT2D eigenvalue weighted by atomic mass is 10.2. The third-order valence-electron chi connectivity index (χ3n) is 2.42. The van der Waals surface area contributed by atoms with Gasteiger partial charge in [-0.3, -0.25) is 0 Å². The Morgan fingerprint density at radius 2 is 2.47 bits per heavy atom. The number of ether oxygens (including phenoxy) is 1. The van der Waals surface area contributed by atoms with E-state index in [0.29, 0.717) is 6.54 Å². The van der Waals surface area contributed by atoms with Crippen molar-refractivity contribution in [1.82, 2.24) is 14.9 Å². The minimum absolute atomic E-state index is 0.677. The lowest BCUT2D eigenvalue weighted by Crippen LogP contribution is -2.16. The van der Waals surface area contributed by atoms with Gasteiger partial charge in [-0.1, -0.05) is 12.2 Å². The first-order valence-corrected chi connectivity index (χ1v) is 6.70. The van der Waals surface area contributed by atoms with Crippen molar-refractivity contribution >= 4 is 33.8 Å². The molecule has 0 saturated carbocycles. The average molecular weight is 267 g/mol. The summed E-state index contributed by atoms with van der Waals surface area (Å²) >= 11 is 6.63. The second-order valence-corrected chi connectivity index (χ2v) is 4.89. The van der Waals surface area contributed by atoms with Gasteiger partial charge in [0.15, 0.2) is 0 Å². The summed E-state index contributed by atoms with van der Waals surface area (Å²) in [6, 6.07) is 3.84. The van der Waals surface area contributed by atoms with Crippen LogP contribution in [0.5, 0.6) is 5.75 Å². The summed E-state index contributed by atoms with van der Waals surface area (Å²) in [5.74, 6) is 0.826. The third-order valence-corrected chi connectivity index (χ3v) is 3.58. The Hall–Kier alpha value is -1.27. The minimum Gasteiger partial charge on any atom is -0.497 e. The molecule has 0 aromatic carbocycles. The van der Waals surface area contributed by atoms with Gasteiger partial charge in [0.25, 0.3) is 0 Å². The highest BCUT2D eigenvalue weighted by Gasteiger charge is 2.05. The Morgan fingerprint density at radius 3 is 3.18 bits per heavy atom. The Labute approximate surface area is 109 Å². The SMILES string of the molecule is COc1ccn2ncc(CNC(=S)SC)c2c1. The number of nitrogens with one attached hydrogen (secondary N) is 1. The van der Waals surface area contributed by atoms with E-state index in [9.17, 15) is 0 Å². The van der Waals surface area contributed by atoms with E-state index < -0.39 is 0 Å². The van der Waals surface area contributed by atoms with Crippen molar-refractivity contribution < 1.29 is 4.74 Å². The number of aromatic nitrogens is 2. The van der Waals surface area contributed by atoms with Crippen LogP contribution < -0.4 is 10.1 Å². The van der Waals surface area contributed by atoms with Crippen molar-refractivity contribution in [3.05, 3.63) is 30.1 Å². The number of thioether (sulfide) groups is 1. The standard InChI is InChI=1S/C11H13N3OS2/c1-15-9-3-4-14-10(5-9)8(7-13-14)6-12-11(16)17-2/h3-5,7H,6H2,1-2H3,(H,12,16). The van der Waals surface area contributed by atoms with Crippen LogP contribution in [-0.2, 0) is 6.54 Å². The molecule has 90 valence electrons. The molecule has 0 unspecified atom stereocenters. The summed E-state index contributed by atoms with van der Waals surface area (Å²) in [6.07, 6.45) is 5.67. The molecule has 1 N–H and O–H groups in total. The van der Waals surface area contributed by atoms with Gasteiger partial charge in [0, 0.05) is 24.4 Å². The molecule has 0 saturated heterocycles. The molecule has 0 spiro atoms. The van der Waals surface area contributed by atoms with E-state index in [1.54, 1.807) is 7.11 Å². The molecule has 2 aromatic rings. The molecule has 2 rings (SSSR count). The van der Waals surface area contributed by atoms with Gasteiger partial charge in [-0.05, 0) is 12.3 Å². The number of thiocarbonyl (C=S) groups is 1. The summed E-state index contributed by atoms with van der Waals surface area (Å²) < 4.78 is 7.81. The number of hydrogen-bond donors (Lipinski definition) is 1. The zero-order valence-electron chi connectivity index (χ0n) is 9.64. The molecule has 0 aliphatic rings. The zero-order valence-corrected chi connectivity index (χ0v) is 11.3. The Morgan fingerprint density at radius 1 is 1.65 bits per heavy atom. The second-order valence-electron chi connectivity index (χ2n) is 3.41. The molecular formula is C11H13N3OS2. The van der Waals surface area contributed by atoms with Gasteiger partial charge in [-0.2, -0.15) is 5.10 Å². The Kier molecular flexibility index (Phi) is 3.86. The minimum atomic E-state index is 0.677. The van der Waals surface area contributed by atoms with E-state index in [1.807, 2.05) is 35.3 Å². The second kappa shape index (κ2) is 5.37. The van der Waals surface area contributed by atoms with Crippen LogP contribution in [0, 0.1) is 0 Å². The first-order valence-electron chi connectivity index (χ1n) is 5.06. The highest BCUT2D eigenvalue weighted by Crippen LogP contribution is 2.17. The van der Waals surface area contributed by atoms with Crippen LogP contribution in [0.15, 0.2) is 24.5 Å². The monoisotopic (exact) mass is 267 g/mol. The molecule has 0 atom stereocenters. The van der Waals surface area contributed by atoms with E-state index in [4.69, 9.17) is 17.0 Å². The van der Waals surface area contributed by atoms with Crippen molar-refractivity contribution in [3.8, 4) is 5.75 Å². The maximum atomic E-state index is 5.20. The van der Waals surface area contributed by atoms with Gasteiger partial charge in [0.1, 0.15) is 10.1 Å². The highest BCUT2D eigenvalue weighted by molar-refractivity contribution is 8.22. The summed E-state index contributed by atoms with van der Waals surface area (Å²) in [5.41, 5.74) is 2.13. The topological polar surface area (TPSA) is 38.6 Å². The van der Waals surface area contributed by atoms with E-state index in [2.05, 4.69) is 10.4 Å². The lowest BCUT2D eigenvalue weighted by molar-refractivity contribution is 0.414. The summed E-state index contributed by atoms with van der Waals surface area (Å²) in [6.45, 7) is 0.677. The van der Waals surface area contributed by atoms with Gasteiger partial charge in [-0.15, -0.1) is 11.8 Å². The first-order chi connectivity index (χ1) is 8.24. The average Bonchev–Trinajstić information content (AvgIpc) is 2.78. The number of pyridine rings is 1. The zero-order chi connectivity index (χ0) is 12.3. The molecule has 6 heteroatoms. The quantitative estimate of drug-likeness (QED) is 0.862. The maximum Gasteiger partial charge on any atom is 0.133 e. The maximum absolute atomic E-state index is 5.20. The van der Waals surface area contributed by atoms with Gasteiger partial charge < -0.3 is 10.1 Å². The van der Waals surface area contributed by atoms with Crippen molar-refractivity contribution in [1.29, 1.82) is 0 Å². The fraction of sp³-hybridized carbons (Fsp3) is 0.273. The number of rotatable bonds is 3. The Bertz CT molecular complexity index is 538. The molecule has 0 aliphatic heterocycles. The summed E-state index contributed by atoms with van der Waals surface area (Å²) in [4.78, 5) is 0. The largest absolute Gasteiger partial charge is 0.497 e. The molecule has 0 amide bonds. The van der Waals surface area contributed by atoms with Crippen LogP contribution in [0.2, 0.25) is 0 Å². The van der Waals surface area contributed by atoms with Crippen molar-refractivity contribution in [3.63, 3.8) is 0 Å². The van der Waals surface area contributed by atoms with Gasteiger partial charge in [0.05, 0.1) is 18.8 Å². The predicted octanol–water partition coefficient (Wildman–Crippen LogP) is 2.08. The number of fused-ring (bicyclic) bond motifs is 1. The molecule has 0 fully saturated rings. The molecule has 0 bridgehead atoms. The lowest BCUT2D eigenvalue weighted by Gasteiger charge is -2.04. The molecule has 4 nitrogen and oxygen atoms in total. The fourth-order valence-electron chi connectivity index (χ4n) is 1.51. The van der Waals surface area contributed by atoms with Crippen LogP contribution in [0.4, 0.5) is 0 Å². The molecule has 0 aliphatic carbocycles. The predicted molar refractivity (Wildman–Crippen MR) is 74.7 cm³/mol. The van der Waals surface area contributed by atoms with Crippen molar-refractivity contribution in [2.75, 3.05) is 13.4 Å². The normalized spacial score (nSPS) is 10.5. The fourth-order valence-corrected chi connectivity index (χ4v) is 1.80. The van der Waals surface area contributed by atoms with E-state index in [1.165, 1.54) is 11.8 Å². The van der Waals surface area contributed by atoms with Crippen LogP contribution in [0.1, 0.15) is 5.56 Å². The summed E-state index contributed by atoms with van der Waals surface area (Å²) in [7, 11) is 1.66. The van der Waals surface area contributed by atoms with Crippen LogP contribution in [0.3, 0.4) is 0 Å². The Balaban J connectivity index is 2.25. The number of nitrogens with zero attached hydrogens (tertiary/aromatic N) is 2. The van der Waals surface area contributed by atoms with Crippen molar-refractivity contribution in [2.24, 2.45) is 0 Å². The van der Waals surface area contributed by atoms with Gasteiger partial charge >= 0.3 is 0 Å². The van der Waals surface area contributed by atoms with Gasteiger partial charge in [0.2, 0.25) is 0 Å². The third kappa shape index (κ3) is 2.70. The van der Waals surface area contributed by atoms with Crippen LogP contribution in [0.25, 0.3) is 5.52 Å². The molecule has 2 heterocycles. The van der Waals surface area contributed by atoms with Crippen LogP contribution >= 0.6 is 24.0 Å². The molecule has 0 radical (unpaired) electrons.